The molecule has 0 saturated heterocycles. The highest BCUT2D eigenvalue weighted by Gasteiger charge is 2.13. The van der Waals surface area contributed by atoms with Crippen LogP contribution in [0.15, 0.2) is 17.0 Å². The smallest absolute Gasteiger partial charge is 0.294 e. The summed E-state index contributed by atoms with van der Waals surface area (Å²) >= 11 is 0. The Morgan fingerprint density at radius 3 is 2.73 bits per heavy atom. The number of nitrogen functional groups attached to an aromatic ring is 1. The summed E-state index contributed by atoms with van der Waals surface area (Å²) in [6.45, 7) is 1.73. The Morgan fingerprint density at radius 2 is 2.13 bits per heavy atom. The standard InChI is InChI=1S/C8H9N3O3S/c1-4-10-7-3-5(15(12,13)14)2-6(9)8(7)11-4/h2-3H,9H2,1H3,(H,10,11)(H,12,13,14). The van der Waals surface area contributed by atoms with Crippen molar-refractivity contribution >= 4 is 26.8 Å². The van der Waals surface area contributed by atoms with Gasteiger partial charge in [-0.2, -0.15) is 8.42 Å². The fourth-order valence-electron chi connectivity index (χ4n) is 1.39. The highest BCUT2D eigenvalue weighted by Crippen LogP contribution is 2.23. The number of hydrogen-bond acceptors (Lipinski definition) is 4. The number of nitrogens with two attached hydrogens (primary N) is 1. The average Bonchev–Trinajstić information content (AvgIpc) is 2.44. The van der Waals surface area contributed by atoms with Gasteiger partial charge in [-0.25, -0.2) is 4.98 Å². The first kappa shape index (κ1) is 9.94. The number of aryl methyl sites for hydroxylation is 1. The molecule has 0 aliphatic rings. The lowest BCUT2D eigenvalue weighted by Crippen LogP contribution is -1.99. The summed E-state index contributed by atoms with van der Waals surface area (Å²) in [5.41, 5.74) is 6.81. The van der Waals surface area contributed by atoms with Gasteiger partial charge in [0, 0.05) is 0 Å². The predicted octanol–water partition coefficient (Wildman–Crippen LogP) is 0.700. The molecule has 0 unspecified atom stereocenters. The molecule has 0 amide bonds. The van der Waals surface area contributed by atoms with Crippen molar-refractivity contribution in [3.8, 4) is 0 Å². The Hall–Kier alpha value is -1.60. The number of anilines is 1. The Kier molecular flexibility index (Phi) is 1.95. The summed E-state index contributed by atoms with van der Waals surface area (Å²) in [7, 11) is -4.24. The van der Waals surface area contributed by atoms with E-state index in [1.54, 1.807) is 6.92 Å². The quantitative estimate of drug-likeness (QED) is 0.490. The third-order valence-corrected chi connectivity index (χ3v) is 2.84. The number of hydrogen-bond donors (Lipinski definition) is 3. The Morgan fingerprint density at radius 1 is 1.47 bits per heavy atom. The Bertz CT molecular complexity index is 630. The zero-order valence-corrected chi connectivity index (χ0v) is 8.67. The van der Waals surface area contributed by atoms with Crippen LogP contribution < -0.4 is 5.73 Å². The molecule has 1 aromatic heterocycles. The van der Waals surface area contributed by atoms with Crippen molar-refractivity contribution in [3.63, 3.8) is 0 Å². The third-order valence-electron chi connectivity index (χ3n) is 2.01. The lowest BCUT2D eigenvalue weighted by atomic mass is 10.3. The highest BCUT2D eigenvalue weighted by molar-refractivity contribution is 7.85. The summed E-state index contributed by atoms with van der Waals surface area (Å²) in [5.74, 6) is 0.629. The molecule has 7 heteroatoms. The molecule has 0 fully saturated rings. The first-order valence-corrected chi connectivity index (χ1v) is 5.55. The third kappa shape index (κ3) is 1.66. The summed E-state index contributed by atoms with van der Waals surface area (Å²) < 4.78 is 30.7. The number of fused-ring (bicyclic) bond motifs is 1. The van der Waals surface area contributed by atoms with Gasteiger partial charge >= 0.3 is 0 Å². The number of nitrogens with zero attached hydrogens (tertiary/aromatic N) is 1. The lowest BCUT2D eigenvalue weighted by molar-refractivity contribution is 0.483. The predicted molar refractivity (Wildman–Crippen MR) is 55.1 cm³/mol. The van der Waals surface area contributed by atoms with Gasteiger partial charge in [0.25, 0.3) is 10.1 Å². The van der Waals surface area contributed by atoms with Gasteiger partial charge in [0.05, 0.1) is 16.1 Å². The normalized spacial score (nSPS) is 12.1. The second-order valence-corrected chi connectivity index (χ2v) is 4.63. The second kappa shape index (κ2) is 2.94. The Balaban J connectivity index is 2.84. The number of rotatable bonds is 1. The van der Waals surface area contributed by atoms with E-state index in [1.807, 2.05) is 0 Å². The molecule has 1 heterocycles. The van der Waals surface area contributed by atoms with E-state index in [0.29, 0.717) is 16.9 Å². The van der Waals surface area contributed by atoms with Crippen molar-refractivity contribution < 1.29 is 13.0 Å². The maximum Gasteiger partial charge on any atom is 0.294 e. The lowest BCUT2D eigenvalue weighted by Gasteiger charge is -1.99. The molecule has 15 heavy (non-hydrogen) atoms. The molecule has 2 aromatic rings. The van der Waals surface area contributed by atoms with E-state index in [9.17, 15) is 8.42 Å². The number of H-pyrrole nitrogens is 1. The molecule has 4 N–H and O–H groups in total. The molecule has 0 aliphatic heterocycles. The van der Waals surface area contributed by atoms with Gasteiger partial charge in [-0.1, -0.05) is 0 Å². The van der Waals surface area contributed by atoms with E-state index in [-0.39, 0.29) is 10.6 Å². The first-order chi connectivity index (χ1) is 6.88. The minimum absolute atomic E-state index is 0.212. The summed E-state index contributed by atoms with van der Waals surface area (Å²) in [4.78, 5) is 6.68. The summed E-state index contributed by atoms with van der Waals surface area (Å²) in [5, 5.41) is 0. The van der Waals surface area contributed by atoms with Crippen molar-refractivity contribution in [3.05, 3.63) is 18.0 Å². The number of nitrogens with one attached hydrogen (secondary N) is 1. The van der Waals surface area contributed by atoms with Crippen molar-refractivity contribution in [2.45, 2.75) is 11.8 Å². The van der Waals surface area contributed by atoms with Crippen LogP contribution in [0.4, 0.5) is 5.69 Å². The molecule has 0 spiro atoms. The molecule has 80 valence electrons. The van der Waals surface area contributed by atoms with E-state index < -0.39 is 10.1 Å². The van der Waals surface area contributed by atoms with Gasteiger partial charge in [-0.3, -0.25) is 4.55 Å². The SMILES string of the molecule is Cc1nc2c(N)cc(S(=O)(=O)O)cc2[nH]1. The largest absolute Gasteiger partial charge is 0.397 e. The fourth-order valence-corrected chi connectivity index (χ4v) is 1.93. The van der Waals surface area contributed by atoms with Crippen LogP contribution in [0.25, 0.3) is 11.0 Å². The van der Waals surface area contributed by atoms with Crippen molar-refractivity contribution in [1.82, 2.24) is 9.97 Å². The van der Waals surface area contributed by atoms with Gasteiger partial charge in [-0.05, 0) is 19.1 Å². The zero-order chi connectivity index (χ0) is 11.2. The topological polar surface area (TPSA) is 109 Å². The fraction of sp³-hybridized carbons (Fsp3) is 0.125. The molecule has 0 atom stereocenters. The molecule has 0 aliphatic carbocycles. The number of aromatic nitrogens is 2. The van der Waals surface area contributed by atoms with Crippen LogP contribution in [0, 0.1) is 6.92 Å². The average molecular weight is 227 g/mol. The molecular weight excluding hydrogens is 218 g/mol. The van der Waals surface area contributed by atoms with Crippen molar-refractivity contribution in [1.29, 1.82) is 0 Å². The van der Waals surface area contributed by atoms with Crippen LogP contribution >= 0.6 is 0 Å². The molecule has 2 rings (SSSR count). The van der Waals surface area contributed by atoms with Gasteiger partial charge in [-0.15, -0.1) is 0 Å². The van der Waals surface area contributed by atoms with Crippen LogP contribution in [0.5, 0.6) is 0 Å². The van der Waals surface area contributed by atoms with Crippen LogP contribution in [0.1, 0.15) is 5.82 Å². The minimum atomic E-state index is -4.24. The van der Waals surface area contributed by atoms with E-state index in [2.05, 4.69) is 9.97 Å². The Labute approximate surface area is 85.9 Å². The number of aromatic amines is 1. The van der Waals surface area contributed by atoms with Crippen molar-refractivity contribution in [2.24, 2.45) is 0 Å². The zero-order valence-electron chi connectivity index (χ0n) is 7.85. The van der Waals surface area contributed by atoms with Gasteiger partial charge < -0.3 is 10.7 Å². The van der Waals surface area contributed by atoms with E-state index in [0.717, 1.165) is 0 Å². The molecule has 0 bridgehead atoms. The molecule has 1 aromatic carbocycles. The van der Waals surface area contributed by atoms with Crippen molar-refractivity contribution in [2.75, 3.05) is 5.73 Å². The van der Waals surface area contributed by atoms with Crippen LogP contribution in [-0.4, -0.2) is 22.9 Å². The highest BCUT2D eigenvalue weighted by atomic mass is 32.2. The number of imidazole rings is 1. The first-order valence-electron chi connectivity index (χ1n) is 4.11. The van der Waals surface area contributed by atoms with Gasteiger partial charge in [0.15, 0.2) is 0 Å². The molecule has 6 nitrogen and oxygen atoms in total. The monoisotopic (exact) mass is 227 g/mol. The van der Waals surface area contributed by atoms with Crippen LogP contribution in [-0.2, 0) is 10.1 Å². The van der Waals surface area contributed by atoms with E-state index in [4.69, 9.17) is 10.3 Å². The van der Waals surface area contributed by atoms with Gasteiger partial charge in [0.2, 0.25) is 0 Å². The maximum atomic E-state index is 10.9. The molecular formula is C8H9N3O3S. The summed E-state index contributed by atoms with van der Waals surface area (Å²) in [6.07, 6.45) is 0. The van der Waals surface area contributed by atoms with Crippen LogP contribution in [0.3, 0.4) is 0 Å². The van der Waals surface area contributed by atoms with E-state index in [1.165, 1.54) is 12.1 Å². The number of benzene rings is 1. The summed E-state index contributed by atoms with van der Waals surface area (Å²) in [6, 6.07) is 2.47. The van der Waals surface area contributed by atoms with E-state index >= 15 is 0 Å². The molecule has 0 saturated carbocycles. The van der Waals surface area contributed by atoms with Gasteiger partial charge in [0.1, 0.15) is 11.3 Å². The second-order valence-electron chi connectivity index (χ2n) is 3.21. The molecule has 0 radical (unpaired) electrons. The van der Waals surface area contributed by atoms with Crippen LogP contribution in [0.2, 0.25) is 0 Å². The maximum absolute atomic E-state index is 10.9. The minimum Gasteiger partial charge on any atom is -0.397 e.